The summed E-state index contributed by atoms with van der Waals surface area (Å²) in [6, 6.07) is 4.21. The van der Waals surface area contributed by atoms with Gasteiger partial charge < -0.3 is 0 Å². The van der Waals surface area contributed by atoms with Crippen molar-refractivity contribution in [2.45, 2.75) is 18.9 Å². The van der Waals surface area contributed by atoms with Crippen LogP contribution in [0.3, 0.4) is 0 Å². The van der Waals surface area contributed by atoms with Crippen LogP contribution in [0, 0.1) is 11.3 Å². The van der Waals surface area contributed by atoms with Gasteiger partial charge in [0.15, 0.2) is 0 Å². The summed E-state index contributed by atoms with van der Waals surface area (Å²) in [6.07, 6.45) is -4.54. The molecule has 0 saturated carbocycles. The van der Waals surface area contributed by atoms with Crippen LogP contribution in [0.4, 0.5) is 13.2 Å². The summed E-state index contributed by atoms with van der Waals surface area (Å²) in [5.41, 5.74) is -0.890. The van der Waals surface area contributed by atoms with Crippen molar-refractivity contribution in [2.75, 3.05) is 13.1 Å². The van der Waals surface area contributed by atoms with E-state index in [2.05, 4.69) is 0 Å². The zero-order chi connectivity index (χ0) is 16.3. The van der Waals surface area contributed by atoms with Crippen molar-refractivity contribution < 1.29 is 21.6 Å². The predicted molar refractivity (Wildman–Crippen MR) is 71.9 cm³/mol. The Morgan fingerprint density at radius 2 is 2.00 bits per heavy atom. The molecule has 0 bridgehead atoms. The van der Waals surface area contributed by atoms with Gasteiger partial charge in [-0.15, -0.1) is 0 Å². The second kappa shape index (κ2) is 6.64. The lowest BCUT2D eigenvalue weighted by Crippen LogP contribution is -2.32. The van der Waals surface area contributed by atoms with Gasteiger partial charge in [0.25, 0.3) is 0 Å². The van der Waals surface area contributed by atoms with Crippen LogP contribution >= 0.6 is 11.6 Å². The molecule has 0 amide bonds. The Morgan fingerprint density at radius 3 is 2.43 bits per heavy atom. The number of hydrogen-bond donors (Lipinski definition) is 0. The van der Waals surface area contributed by atoms with Crippen LogP contribution in [0.5, 0.6) is 0 Å². The molecule has 0 saturated heterocycles. The van der Waals surface area contributed by atoms with E-state index in [1.54, 1.807) is 13.0 Å². The van der Waals surface area contributed by atoms with E-state index in [0.29, 0.717) is 6.07 Å². The third kappa shape index (κ3) is 4.59. The van der Waals surface area contributed by atoms with Gasteiger partial charge in [0.05, 0.1) is 17.4 Å². The summed E-state index contributed by atoms with van der Waals surface area (Å²) >= 11 is 5.72. The van der Waals surface area contributed by atoms with Crippen LogP contribution in [0.25, 0.3) is 0 Å². The first kappa shape index (κ1) is 17.8. The number of alkyl halides is 3. The van der Waals surface area contributed by atoms with Gasteiger partial charge in [-0.25, -0.2) is 8.42 Å². The molecular weight excluding hydrogens is 329 g/mol. The van der Waals surface area contributed by atoms with Crippen LogP contribution in [-0.4, -0.2) is 25.8 Å². The fraction of sp³-hybridized carbons (Fsp3) is 0.417. The summed E-state index contributed by atoms with van der Waals surface area (Å²) in [5, 5.41) is 8.29. The second-order valence-corrected chi connectivity index (χ2v) is 6.52. The first-order valence-corrected chi connectivity index (χ1v) is 7.81. The second-order valence-electron chi connectivity index (χ2n) is 4.14. The highest BCUT2D eigenvalue weighted by molar-refractivity contribution is 7.88. The third-order valence-electron chi connectivity index (χ3n) is 2.71. The van der Waals surface area contributed by atoms with Crippen molar-refractivity contribution in [3.63, 3.8) is 0 Å². The van der Waals surface area contributed by atoms with Gasteiger partial charge in [0.2, 0.25) is 10.0 Å². The largest absolute Gasteiger partial charge is 0.416 e. The van der Waals surface area contributed by atoms with Crippen molar-refractivity contribution in [1.82, 2.24) is 4.31 Å². The van der Waals surface area contributed by atoms with Crippen LogP contribution in [-0.2, 0) is 22.0 Å². The Bertz CT molecular complexity index is 653. The van der Waals surface area contributed by atoms with Crippen LogP contribution in [0.2, 0.25) is 5.02 Å². The van der Waals surface area contributed by atoms with Gasteiger partial charge in [-0.1, -0.05) is 24.6 Å². The molecule has 0 aromatic heterocycles. The smallest absolute Gasteiger partial charge is 0.212 e. The SMILES string of the molecule is CCN(CC#N)S(=O)(=O)Cc1ccc(C(F)(F)F)cc1Cl. The zero-order valence-electron chi connectivity index (χ0n) is 11.0. The summed E-state index contributed by atoms with van der Waals surface area (Å²) in [5.74, 6) is -0.556. The van der Waals surface area contributed by atoms with Crippen LogP contribution < -0.4 is 0 Å². The van der Waals surface area contributed by atoms with Gasteiger partial charge in [-0.2, -0.15) is 22.7 Å². The van der Waals surface area contributed by atoms with Crippen molar-refractivity contribution >= 4 is 21.6 Å². The average Bonchev–Trinajstić information content (AvgIpc) is 2.36. The number of halogens is 4. The van der Waals surface area contributed by atoms with Gasteiger partial charge >= 0.3 is 6.18 Å². The van der Waals surface area contributed by atoms with Crippen molar-refractivity contribution in [3.8, 4) is 6.07 Å². The Morgan fingerprint density at radius 1 is 1.38 bits per heavy atom. The number of sulfonamides is 1. The molecular formula is C12H12ClF3N2O2S. The lowest BCUT2D eigenvalue weighted by Gasteiger charge is -2.18. The number of nitriles is 1. The maximum Gasteiger partial charge on any atom is 0.416 e. The van der Waals surface area contributed by atoms with Crippen molar-refractivity contribution in [2.24, 2.45) is 0 Å². The molecule has 0 aliphatic carbocycles. The molecule has 21 heavy (non-hydrogen) atoms. The summed E-state index contributed by atoms with van der Waals surface area (Å²) in [7, 11) is -3.81. The maximum absolute atomic E-state index is 12.5. The zero-order valence-corrected chi connectivity index (χ0v) is 12.6. The van der Waals surface area contributed by atoms with Crippen LogP contribution in [0.15, 0.2) is 18.2 Å². The molecule has 116 valence electrons. The molecule has 1 rings (SSSR count). The van der Waals surface area contributed by atoms with Gasteiger partial charge in [-0.3, -0.25) is 0 Å². The number of hydrogen-bond acceptors (Lipinski definition) is 3. The van der Waals surface area contributed by atoms with E-state index >= 15 is 0 Å². The highest BCUT2D eigenvalue weighted by atomic mass is 35.5. The van der Waals surface area contributed by atoms with E-state index in [1.165, 1.54) is 0 Å². The monoisotopic (exact) mass is 340 g/mol. The number of rotatable bonds is 5. The summed E-state index contributed by atoms with van der Waals surface area (Å²) in [4.78, 5) is 0. The average molecular weight is 341 g/mol. The highest BCUT2D eigenvalue weighted by Crippen LogP contribution is 2.32. The molecule has 0 heterocycles. The van der Waals surface area contributed by atoms with Crippen molar-refractivity contribution in [3.05, 3.63) is 34.3 Å². The summed E-state index contributed by atoms with van der Waals surface area (Å²) in [6.45, 7) is 1.33. The van der Waals surface area contributed by atoms with E-state index < -0.39 is 27.5 Å². The van der Waals surface area contributed by atoms with E-state index in [1.807, 2.05) is 0 Å². The van der Waals surface area contributed by atoms with E-state index in [-0.39, 0.29) is 23.7 Å². The molecule has 0 N–H and O–H groups in total. The number of benzene rings is 1. The molecule has 9 heteroatoms. The fourth-order valence-electron chi connectivity index (χ4n) is 1.61. The first-order chi connectivity index (χ1) is 9.61. The molecule has 0 unspecified atom stereocenters. The molecule has 0 fully saturated rings. The molecule has 4 nitrogen and oxygen atoms in total. The minimum atomic E-state index is -4.54. The Kier molecular flexibility index (Phi) is 5.61. The quantitative estimate of drug-likeness (QED) is 0.774. The predicted octanol–water partition coefficient (Wildman–Crippen LogP) is 3.03. The molecule has 0 spiro atoms. The molecule has 1 aromatic carbocycles. The lowest BCUT2D eigenvalue weighted by atomic mass is 10.1. The first-order valence-electron chi connectivity index (χ1n) is 5.82. The van der Waals surface area contributed by atoms with E-state index in [4.69, 9.17) is 16.9 Å². The normalized spacial score (nSPS) is 12.4. The summed E-state index contributed by atoms with van der Waals surface area (Å²) < 4.78 is 62.5. The van der Waals surface area contributed by atoms with E-state index in [0.717, 1.165) is 16.4 Å². The minimum absolute atomic E-state index is 0.0565. The van der Waals surface area contributed by atoms with Gasteiger partial charge in [-0.05, 0) is 17.7 Å². The van der Waals surface area contributed by atoms with E-state index in [9.17, 15) is 21.6 Å². The Balaban J connectivity index is 3.06. The molecule has 0 aliphatic heterocycles. The molecule has 0 atom stereocenters. The molecule has 0 radical (unpaired) electrons. The van der Waals surface area contributed by atoms with Gasteiger partial charge in [0, 0.05) is 11.6 Å². The number of nitrogens with zero attached hydrogens (tertiary/aromatic N) is 2. The van der Waals surface area contributed by atoms with Crippen LogP contribution in [0.1, 0.15) is 18.1 Å². The van der Waals surface area contributed by atoms with Crippen molar-refractivity contribution in [1.29, 1.82) is 5.26 Å². The topological polar surface area (TPSA) is 61.2 Å². The highest BCUT2D eigenvalue weighted by Gasteiger charge is 2.31. The third-order valence-corrected chi connectivity index (χ3v) is 4.91. The molecule has 0 aliphatic rings. The Hall–Kier alpha value is -1.30. The standard InChI is InChI=1S/C12H12ClF3N2O2S/c1-2-18(6-5-17)21(19,20)8-9-3-4-10(7-11(9)13)12(14,15)16/h3-4,7H,2,6,8H2,1H3. The maximum atomic E-state index is 12.5. The van der Waals surface area contributed by atoms with Gasteiger partial charge in [0.1, 0.15) is 6.54 Å². The lowest BCUT2D eigenvalue weighted by molar-refractivity contribution is -0.137. The fourth-order valence-corrected chi connectivity index (χ4v) is 3.42. The Labute approximate surface area is 125 Å². The minimum Gasteiger partial charge on any atom is -0.212 e. The molecule has 1 aromatic rings.